The van der Waals surface area contributed by atoms with E-state index >= 15 is 0 Å². The molecule has 2 atom stereocenters. The van der Waals surface area contributed by atoms with E-state index in [2.05, 4.69) is 34.5 Å². The van der Waals surface area contributed by atoms with Gasteiger partial charge in [-0.05, 0) is 81.4 Å². The number of amides is 2. The number of hydrogen-bond acceptors (Lipinski definition) is 8. The Hall–Kier alpha value is -2.95. The molecule has 0 spiro atoms. The van der Waals surface area contributed by atoms with E-state index in [1.807, 2.05) is 61.5 Å². The fourth-order valence-corrected chi connectivity index (χ4v) is 5.42. The van der Waals surface area contributed by atoms with E-state index in [1.165, 1.54) is 7.11 Å². The second-order valence-electron chi connectivity index (χ2n) is 13.0. The molecular weight excluding hydrogens is 596 g/mol. The molecule has 0 fully saturated rings. The standard InChI is InChI=1S/C16H23NO5.C14H20BrNO3/c1-9(2)12-13-10(7-11(21-13)14(18)20-6)8-17(12)15(19)22-16(3,4)5;1-8(2)11-12-9(6-10(15)18-12)7-16(11)13(17)19-14(3,4)5/h7,9,12H,8H2,1-6H3;6,8,11H,7H2,1-5H3. The van der Waals surface area contributed by atoms with Crippen molar-refractivity contribution in [3.05, 3.63) is 45.2 Å². The summed E-state index contributed by atoms with van der Waals surface area (Å²) in [5.74, 6) is 1.56. The van der Waals surface area contributed by atoms with E-state index in [1.54, 1.807) is 15.9 Å². The van der Waals surface area contributed by atoms with Gasteiger partial charge in [-0.3, -0.25) is 9.80 Å². The highest BCUT2D eigenvalue weighted by atomic mass is 79.9. The first-order valence-corrected chi connectivity index (χ1v) is 14.6. The summed E-state index contributed by atoms with van der Waals surface area (Å²) < 4.78 is 27.6. The van der Waals surface area contributed by atoms with E-state index in [-0.39, 0.29) is 41.9 Å². The van der Waals surface area contributed by atoms with E-state index in [9.17, 15) is 14.4 Å². The zero-order valence-corrected chi connectivity index (χ0v) is 27.5. The molecule has 2 amide bonds. The molecule has 41 heavy (non-hydrogen) atoms. The number of furan rings is 2. The highest BCUT2D eigenvalue weighted by molar-refractivity contribution is 9.10. The van der Waals surface area contributed by atoms with Crippen LogP contribution in [0.5, 0.6) is 0 Å². The van der Waals surface area contributed by atoms with Crippen LogP contribution in [0.4, 0.5) is 9.59 Å². The first kappa shape index (κ1) is 32.6. The number of carbonyl (C=O) groups is 3. The van der Waals surface area contributed by atoms with Crippen LogP contribution in [0.3, 0.4) is 0 Å². The van der Waals surface area contributed by atoms with Crippen molar-refractivity contribution in [2.24, 2.45) is 11.8 Å². The van der Waals surface area contributed by atoms with Crippen LogP contribution in [0.15, 0.2) is 25.6 Å². The molecule has 0 saturated carbocycles. The van der Waals surface area contributed by atoms with Crippen LogP contribution in [-0.2, 0) is 27.3 Å². The van der Waals surface area contributed by atoms with Gasteiger partial charge in [-0.2, -0.15) is 0 Å². The van der Waals surface area contributed by atoms with Crippen LogP contribution < -0.4 is 0 Å². The van der Waals surface area contributed by atoms with Crippen molar-refractivity contribution in [3.63, 3.8) is 0 Å². The Kier molecular flexibility index (Phi) is 9.62. The number of rotatable bonds is 3. The molecule has 0 aliphatic carbocycles. The van der Waals surface area contributed by atoms with Crippen LogP contribution in [0.1, 0.15) is 115 Å². The number of ether oxygens (including phenoxy) is 3. The van der Waals surface area contributed by atoms with Gasteiger partial charge in [-0.25, -0.2) is 14.4 Å². The Morgan fingerprint density at radius 1 is 0.805 bits per heavy atom. The van der Waals surface area contributed by atoms with Crippen LogP contribution in [0, 0.1) is 11.8 Å². The van der Waals surface area contributed by atoms with Crippen molar-refractivity contribution >= 4 is 34.1 Å². The summed E-state index contributed by atoms with van der Waals surface area (Å²) in [6.45, 7) is 20.2. The molecule has 11 heteroatoms. The molecular formula is C30H43BrN2O8. The second-order valence-corrected chi connectivity index (χ2v) is 13.8. The van der Waals surface area contributed by atoms with Crippen molar-refractivity contribution in [1.29, 1.82) is 0 Å². The summed E-state index contributed by atoms with van der Waals surface area (Å²) in [7, 11) is 1.31. The topological polar surface area (TPSA) is 112 Å². The molecule has 2 aromatic heterocycles. The molecule has 0 radical (unpaired) electrons. The number of hydrogen-bond donors (Lipinski definition) is 0. The number of methoxy groups -OCH3 is 1. The fourth-order valence-electron chi connectivity index (χ4n) is 4.97. The third-order valence-corrected chi connectivity index (χ3v) is 6.84. The number of fused-ring (bicyclic) bond motifs is 2. The molecule has 2 aromatic rings. The lowest BCUT2D eigenvalue weighted by Crippen LogP contribution is -2.37. The average molecular weight is 640 g/mol. The van der Waals surface area contributed by atoms with Gasteiger partial charge in [0.2, 0.25) is 5.76 Å². The van der Waals surface area contributed by atoms with Crippen molar-refractivity contribution in [3.8, 4) is 0 Å². The molecule has 4 rings (SSSR count). The minimum Gasteiger partial charge on any atom is -0.463 e. The van der Waals surface area contributed by atoms with Gasteiger partial charge in [0.1, 0.15) is 22.7 Å². The number of carbonyl (C=O) groups excluding carboxylic acids is 3. The molecule has 0 aromatic carbocycles. The van der Waals surface area contributed by atoms with Gasteiger partial charge >= 0.3 is 18.2 Å². The van der Waals surface area contributed by atoms with Gasteiger partial charge in [0.25, 0.3) is 0 Å². The summed E-state index contributed by atoms with van der Waals surface area (Å²) in [5.41, 5.74) is 0.837. The predicted octanol–water partition coefficient (Wildman–Crippen LogP) is 8.00. The van der Waals surface area contributed by atoms with Crippen LogP contribution >= 0.6 is 15.9 Å². The quantitative estimate of drug-likeness (QED) is 0.245. The third-order valence-electron chi connectivity index (χ3n) is 6.45. The van der Waals surface area contributed by atoms with Gasteiger partial charge in [-0.15, -0.1) is 0 Å². The SMILES string of the molecule is CC(C)C1c2oc(Br)cc2CN1C(=O)OC(C)(C)C.COC(=O)c1cc2c(o1)C(C(C)C)N(C(=O)OC(C)(C)C)C2. The summed E-state index contributed by atoms with van der Waals surface area (Å²) in [6, 6.07) is 3.26. The lowest BCUT2D eigenvalue weighted by atomic mass is 10.0. The molecule has 228 valence electrons. The molecule has 2 aliphatic rings. The Labute approximate surface area is 250 Å². The van der Waals surface area contributed by atoms with Gasteiger partial charge in [-0.1, -0.05) is 27.7 Å². The predicted molar refractivity (Wildman–Crippen MR) is 155 cm³/mol. The third kappa shape index (κ3) is 7.67. The summed E-state index contributed by atoms with van der Waals surface area (Å²) >= 11 is 3.34. The summed E-state index contributed by atoms with van der Waals surface area (Å²) in [6.07, 6.45) is -0.661. The van der Waals surface area contributed by atoms with E-state index in [0.717, 1.165) is 16.9 Å². The average Bonchev–Trinajstić information content (AvgIpc) is 3.53. The normalized spacial score (nSPS) is 18.2. The minimum atomic E-state index is -0.556. The maximum absolute atomic E-state index is 12.4. The van der Waals surface area contributed by atoms with Crippen LogP contribution in [0.2, 0.25) is 0 Å². The van der Waals surface area contributed by atoms with Crippen LogP contribution in [-0.4, -0.2) is 46.3 Å². The monoisotopic (exact) mass is 638 g/mol. The summed E-state index contributed by atoms with van der Waals surface area (Å²) in [4.78, 5) is 39.6. The molecule has 4 heterocycles. The number of halogens is 1. The lowest BCUT2D eigenvalue weighted by molar-refractivity contribution is 0.00973. The van der Waals surface area contributed by atoms with Crippen LogP contribution in [0.25, 0.3) is 0 Å². The maximum atomic E-state index is 12.4. The molecule has 2 unspecified atom stereocenters. The zero-order valence-electron chi connectivity index (χ0n) is 25.9. The number of esters is 1. The first-order valence-electron chi connectivity index (χ1n) is 13.8. The zero-order chi connectivity index (χ0) is 31.0. The van der Waals surface area contributed by atoms with E-state index < -0.39 is 17.2 Å². The van der Waals surface area contributed by atoms with Crippen molar-refractivity contribution in [1.82, 2.24) is 9.80 Å². The Bertz CT molecular complexity index is 1260. The highest BCUT2D eigenvalue weighted by Gasteiger charge is 2.42. The summed E-state index contributed by atoms with van der Waals surface area (Å²) in [5, 5.41) is 0. The Balaban J connectivity index is 0.000000228. The Morgan fingerprint density at radius 2 is 1.22 bits per heavy atom. The Morgan fingerprint density at radius 3 is 1.61 bits per heavy atom. The highest BCUT2D eigenvalue weighted by Crippen LogP contribution is 2.43. The van der Waals surface area contributed by atoms with Gasteiger partial charge in [0.15, 0.2) is 4.67 Å². The van der Waals surface area contributed by atoms with E-state index in [4.69, 9.17) is 18.3 Å². The first-order chi connectivity index (χ1) is 18.8. The molecule has 2 aliphatic heterocycles. The van der Waals surface area contributed by atoms with E-state index in [0.29, 0.717) is 23.5 Å². The lowest BCUT2D eigenvalue weighted by Gasteiger charge is -2.30. The molecule has 0 N–H and O–H groups in total. The van der Waals surface area contributed by atoms with Gasteiger partial charge < -0.3 is 23.0 Å². The maximum Gasteiger partial charge on any atom is 0.411 e. The number of nitrogens with zero attached hydrogens (tertiary/aromatic N) is 2. The minimum absolute atomic E-state index is 0.0591. The fraction of sp³-hybridized carbons (Fsp3) is 0.633. The second kappa shape index (κ2) is 12.1. The smallest absolute Gasteiger partial charge is 0.411 e. The largest absolute Gasteiger partial charge is 0.463 e. The van der Waals surface area contributed by atoms with Crippen molar-refractivity contribution in [2.75, 3.05) is 7.11 Å². The molecule has 0 saturated heterocycles. The van der Waals surface area contributed by atoms with Crippen molar-refractivity contribution in [2.45, 2.75) is 106 Å². The molecule has 0 bridgehead atoms. The van der Waals surface area contributed by atoms with Crippen molar-refractivity contribution < 1.29 is 37.4 Å². The molecule has 10 nitrogen and oxygen atoms in total. The van der Waals surface area contributed by atoms with Gasteiger partial charge in [0, 0.05) is 11.1 Å². The van der Waals surface area contributed by atoms with Gasteiger partial charge in [0.05, 0.1) is 32.3 Å².